The van der Waals surface area contributed by atoms with Crippen LogP contribution in [-0.4, -0.2) is 39.6 Å². The molecule has 0 saturated carbocycles. The average Bonchev–Trinajstić information content (AvgIpc) is 2.92. The van der Waals surface area contributed by atoms with Gasteiger partial charge in [-0.3, -0.25) is 4.99 Å². The van der Waals surface area contributed by atoms with Gasteiger partial charge >= 0.3 is 0 Å². The maximum Gasteiger partial charge on any atom is 0.175 e. The molecule has 6 heteroatoms. The molecule has 0 unspecified atom stereocenters. The van der Waals surface area contributed by atoms with Crippen LogP contribution in [0.4, 0.5) is 11.4 Å². The van der Waals surface area contributed by atoms with Crippen molar-refractivity contribution in [2.24, 2.45) is 4.99 Å². The fourth-order valence-corrected chi connectivity index (χ4v) is 4.82. The van der Waals surface area contributed by atoms with Crippen LogP contribution in [-0.2, 0) is 11.3 Å². The first-order valence-corrected chi connectivity index (χ1v) is 12.4. The number of fused-ring (bicyclic) bond motifs is 1. The first-order chi connectivity index (χ1) is 17.2. The highest BCUT2D eigenvalue weighted by atomic mass is 79.9. The van der Waals surface area contributed by atoms with Gasteiger partial charge in [0.15, 0.2) is 11.5 Å². The normalized spacial score (nSPS) is 13.9. The minimum absolute atomic E-state index is 0.444. The number of methoxy groups -OCH3 is 1. The highest BCUT2D eigenvalue weighted by Crippen LogP contribution is 2.37. The van der Waals surface area contributed by atoms with Crippen molar-refractivity contribution in [2.75, 3.05) is 38.3 Å². The second kappa shape index (κ2) is 10.9. The molecule has 0 bridgehead atoms. The second-order valence-corrected chi connectivity index (χ2v) is 9.19. The molecule has 0 amide bonds. The topological polar surface area (TPSA) is 43.3 Å². The van der Waals surface area contributed by atoms with Crippen LogP contribution in [0.3, 0.4) is 0 Å². The monoisotopic (exact) mass is 530 g/mol. The fourth-order valence-electron chi connectivity index (χ4n) is 4.24. The van der Waals surface area contributed by atoms with E-state index >= 15 is 0 Å². The van der Waals surface area contributed by atoms with Gasteiger partial charge in [0, 0.05) is 25.0 Å². The zero-order valence-corrected chi connectivity index (χ0v) is 21.2. The predicted octanol–water partition coefficient (Wildman–Crippen LogP) is 6.78. The van der Waals surface area contributed by atoms with Gasteiger partial charge in [0.25, 0.3) is 0 Å². The van der Waals surface area contributed by atoms with Crippen molar-refractivity contribution in [1.82, 2.24) is 0 Å². The van der Waals surface area contributed by atoms with Gasteiger partial charge in [-0.05, 0) is 74.2 Å². The van der Waals surface area contributed by atoms with E-state index in [1.165, 1.54) is 16.5 Å². The summed E-state index contributed by atoms with van der Waals surface area (Å²) < 4.78 is 18.1. The SMILES string of the molecule is COc1cc(C=Nc2ccc(N3CCOCC3)cc2)cc(Br)c1OCc1cccc2ccccc12. The molecule has 0 N–H and O–H groups in total. The lowest BCUT2D eigenvalue weighted by Gasteiger charge is -2.28. The first kappa shape index (κ1) is 23.4. The van der Waals surface area contributed by atoms with Crippen LogP contribution in [0.2, 0.25) is 0 Å². The van der Waals surface area contributed by atoms with E-state index in [4.69, 9.17) is 14.2 Å². The quantitative estimate of drug-likeness (QED) is 0.247. The molecule has 0 aliphatic carbocycles. The van der Waals surface area contributed by atoms with Crippen LogP contribution in [0.25, 0.3) is 10.8 Å². The van der Waals surface area contributed by atoms with E-state index in [9.17, 15) is 0 Å². The third kappa shape index (κ3) is 5.50. The van der Waals surface area contributed by atoms with Gasteiger partial charge in [0.1, 0.15) is 6.61 Å². The van der Waals surface area contributed by atoms with Crippen LogP contribution < -0.4 is 14.4 Å². The molecule has 35 heavy (non-hydrogen) atoms. The zero-order chi connectivity index (χ0) is 24.0. The average molecular weight is 531 g/mol. The van der Waals surface area contributed by atoms with E-state index in [0.29, 0.717) is 18.1 Å². The zero-order valence-electron chi connectivity index (χ0n) is 19.6. The number of benzene rings is 4. The highest BCUT2D eigenvalue weighted by molar-refractivity contribution is 9.10. The lowest BCUT2D eigenvalue weighted by molar-refractivity contribution is 0.122. The van der Waals surface area contributed by atoms with Crippen LogP contribution in [0.1, 0.15) is 11.1 Å². The number of morpholine rings is 1. The smallest absolute Gasteiger partial charge is 0.175 e. The number of aliphatic imine (C=N–C) groups is 1. The Morgan fingerprint density at radius 2 is 1.74 bits per heavy atom. The van der Waals surface area contributed by atoms with Crippen molar-refractivity contribution in [1.29, 1.82) is 0 Å². The van der Waals surface area contributed by atoms with Gasteiger partial charge in [0.05, 0.1) is 30.5 Å². The van der Waals surface area contributed by atoms with Crippen molar-refractivity contribution >= 4 is 44.3 Å². The Kier molecular flexibility index (Phi) is 7.31. The molecule has 0 spiro atoms. The Morgan fingerprint density at radius 3 is 2.54 bits per heavy atom. The van der Waals surface area contributed by atoms with E-state index in [2.05, 4.69) is 68.3 Å². The van der Waals surface area contributed by atoms with Gasteiger partial charge in [-0.2, -0.15) is 0 Å². The van der Waals surface area contributed by atoms with E-state index < -0.39 is 0 Å². The van der Waals surface area contributed by atoms with Gasteiger partial charge in [-0.1, -0.05) is 42.5 Å². The van der Waals surface area contributed by atoms with E-state index in [1.807, 2.05) is 42.6 Å². The molecule has 0 aromatic heterocycles. The minimum Gasteiger partial charge on any atom is -0.493 e. The molecule has 5 nitrogen and oxygen atoms in total. The maximum atomic E-state index is 6.21. The molecule has 1 aliphatic rings. The second-order valence-electron chi connectivity index (χ2n) is 8.34. The molecule has 178 valence electrons. The van der Waals surface area contributed by atoms with Crippen molar-refractivity contribution < 1.29 is 14.2 Å². The van der Waals surface area contributed by atoms with Crippen LogP contribution in [0.15, 0.2) is 88.3 Å². The largest absolute Gasteiger partial charge is 0.493 e. The summed E-state index contributed by atoms with van der Waals surface area (Å²) in [5, 5.41) is 2.39. The lowest BCUT2D eigenvalue weighted by Crippen LogP contribution is -2.36. The summed E-state index contributed by atoms with van der Waals surface area (Å²) in [5.41, 5.74) is 4.14. The summed E-state index contributed by atoms with van der Waals surface area (Å²) in [6.07, 6.45) is 1.84. The molecule has 5 rings (SSSR count). The Balaban J connectivity index is 1.30. The number of anilines is 1. The molecule has 4 aromatic carbocycles. The highest BCUT2D eigenvalue weighted by Gasteiger charge is 2.13. The van der Waals surface area contributed by atoms with E-state index in [1.54, 1.807) is 7.11 Å². The maximum absolute atomic E-state index is 6.21. The van der Waals surface area contributed by atoms with Gasteiger partial charge < -0.3 is 19.1 Å². The molecule has 1 heterocycles. The van der Waals surface area contributed by atoms with Crippen molar-refractivity contribution in [2.45, 2.75) is 6.61 Å². The number of ether oxygens (including phenoxy) is 3. The molecule has 1 fully saturated rings. The van der Waals surface area contributed by atoms with Gasteiger partial charge in [0.2, 0.25) is 0 Å². The lowest BCUT2D eigenvalue weighted by atomic mass is 10.1. The summed E-state index contributed by atoms with van der Waals surface area (Å²) >= 11 is 3.66. The van der Waals surface area contributed by atoms with Crippen molar-refractivity contribution in [3.05, 3.63) is 94.5 Å². The summed E-state index contributed by atoms with van der Waals surface area (Å²) in [7, 11) is 1.65. The van der Waals surface area contributed by atoms with Crippen LogP contribution in [0, 0.1) is 0 Å². The molecular weight excluding hydrogens is 504 g/mol. The Morgan fingerprint density at radius 1 is 0.971 bits per heavy atom. The summed E-state index contributed by atoms with van der Waals surface area (Å²) in [4.78, 5) is 6.98. The minimum atomic E-state index is 0.444. The summed E-state index contributed by atoms with van der Waals surface area (Å²) in [6, 6.07) is 26.8. The standard InChI is InChI=1S/C29H27BrN2O3/c1-33-28-18-21(19-31-24-9-11-25(12-10-24)32-13-15-34-16-14-32)17-27(30)29(28)35-20-23-7-4-6-22-5-2-3-8-26(22)23/h2-12,17-19H,13-16,20H2,1H3. The number of hydrogen-bond acceptors (Lipinski definition) is 5. The van der Waals surface area contributed by atoms with Gasteiger partial charge in [-0.25, -0.2) is 0 Å². The summed E-state index contributed by atoms with van der Waals surface area (Å²) in [6.45, 7) is 3.84. The first-order valence-electron chi connectivity index (χ1n) is 11.6. The Bertz CT molecular complexity index is 1330. The van der Waals surface area contributed by atoms with Crippen LogP contribution in [0.5, 0.6) is 11.5 Å². The van der Waals surface area contributed by atoms with E-state index in [0.717, 1.165) is 47.6 Å². The van der Waals surface area contributed by atoms with Gasteiger partial charge in [-0.15, -0.1) is 0 Å². The van der Waals surface area contributed by atoms with Crippen molar-refractivity contribution in [3.8, 4) is 11.5 Å². The fraction of sp³-hybridized carbons (Fsp3) is 0.207. The molecular formula is C29H27BrN2O3. The number of nitrogens with zero attached hydrogens (tertiary/aromatic N) is 2. The number of rotatable bonds is 7. The Labute approximate surface area is 214 Å². The number of hydrogen-bond donors (Lipinski definition) is 0. The van der Waals surface area contributed by atoms with Crippen LogP contribution >= 0.6 is 15.9 Å². The molecule has 0 radical (unpaired) electrons. The third-order valence-electron chi connectivity index (χ3n) is 6.09. The third-order valence-corrected chi connectivity index (χ3v) is 6.68. The molecule has 4 aromatic rings. The van der Waals surface area contributed by atoms with E-state index in [-0.39, 0.29) is 0 Å². The predicted molar refractivity (Wildman–Crippen MR) is 146 cm³/mol. The molecule has 1 aliphatic heterocycles. The van der Waals surface area contributed by atoms with Crippen molar-refractivity contribution in [3.63, 3.8) is 0 Å². The number of halogens is 1. The Hall–Kier alpha value is -3.35. The molecule has 0 atom stereocenters. The molecule has 1 saturated heterocycles. The summed E-state index contributed by atoms with van der Waals surface area (Å²) in [5.74, 6) is 1.33.